The second-order valence-electron chi connectivity index (χ2n) is 47.0. The Labute approximate surface area is 819 Å². The molecule has 8 atom stereocenters. The fourth-order valence-corrected chi connectivity index (χ4v) is 25.1. The van der Waals surface area contributed by atoms with Gasteiger partial charge in [-0.05, 0) is 456 Å². The highest BCUT2D eigenvalue weighted by molar-refractivity contribution is 4.95. The number of likely N-dealkylation sites (N-methyl/N-ethyl adjacent to an activating group) is 1. The summed E-state index contributed by atoms with van der Waals surface area (Å²) in [5, 5.41) is 17.9. The lowest BCUT2D eigenvalue weighted by Gasteiger charge is -2.41. The zero-order valence-electron chi connectivity index (χ0n) is 91.2. The van der Waals surface area contributed by atoms with E-state index in [1.54, 1.807) is 0 Å². The Morgan fingerprint density at radius 1 is 0.248 bits per heavy atom. The third-order valence-electron chi connectivity index (χ3n) is 34.5. The molecule has 2 N–H and O–H groups in total. The van der Waals surface area contributed by atoms with Crippen LogP contribution in [-0.4, -0.2) is 489 Å². The lowest BCUT2D eigenvalue weighted by Crippen LogP contribution is -2.50. The van der Waals surface area contributed by atoms with E-state index in [1.807, 2.05) is 0 Å². The summed E-state index contributed by atoms with van der Waals surface area (Å²) in [5.41, 5.74) is 0. The lowest BCUT2D eigenvalue weighted by molar-refractivity contribution is -0.00175. The second-order valence-corrected chi connectivity index (χ2v) is 47.0. The van der Waals surface area contributed by atoms with Crippen molar-refractivity contribution < 1.29 is 28.1 Å². The summed E-state index contributed by atoms with van der Waals surface area (Å²) in [5.74, 6) is 1.96. The van der Waals surface area contributed by atoms with Gasteiger partial charge < -0.3 is 68.8 Å². The highest BCUT2D eigenvalue weighted by Crippen LogP contribution is 2.34. The lowest BCUT2D eigenvalue weighted by atomic mass is 9.89. The summed E-state index contributed by atoms with van der Waals surface area (Å²) in [6.45, 7) is 85.8. The molecule has 0 aliphatic carbocycles. The molecule has 0 aromatic carbocycles. The molecular formula is C109H219F3N18O3. The van der Waals surface area contributed by atoms with Gasteiger partial charge in [-0.15, -0.1) is 0 Å². The van der Waals surface area contributed by atoms with Crippen LogP contribution in [0.5, 0.6) is 0 Å². The minimum atomic E-state index is -0.562. The Morgan fingerprint density at radius 2 is 0.526 bits per heavy atom. The van der Waals surface area contributed by atoms with Crippen molar-refractivity contribution in [3.8, 4) is 0 Å². The fraction of sp³-hybridized carbons (Fsp3) is 1.00. The summed E-state index contributed by atoms with van der Waals surface area (Å²) in [7, 11) is 6.61. The molecule has 17 rings (SSSR count). The highest BCUT2D eigenvalue weighted by atomic mass is 19.1. The van der Waals surface area contributed by atoms with Crippen LogP contribution >= 0.6 is 0 Å². The fourth-order valence-electron chi connectivity index (χ4n) is 25.1. The number of halogens is 3. The minimum Gasteiger partial charge on any atom is -0.395 e. The Bertz CT molecular complexity index is 2630. The van der Waals surface area contributed by atoms with Crippen molar-refractivity contribution in [2.45, 2.75) is 439 Å². The van der Waals surface area contributed by atoms with E-state index in [0.29, 0.717) is 93.3 Å². The van der Waals surface area contributed by atoms with E-state index in [2.05, 4.69) is 248 Å². The van der Waals surface area contributed by atoms with E-state index in [-0.39, 0.29) is 0 Å². The predicted octanol–water partition coefficient (Wildman–Crippen LogP) is 15.2. The van der Waals surface area contributed by atoms with Gasteiger partial charge in [0.25, 0.3) is 0 Å². The van der Waals surface area contributed by atoms with E-state index in [0.717, 1.165) is 131 Å². The van der Waals surface area contributed by atoms with Gasteiger partial charge in [-0.2, -0.15) is 0 Å². The monoisotopic (exact) mass is 1890 g/mol. The first-order chi connectivity index (χ1) is 63.6. The van der Waals surface area contributed by atoms with Gasteiger partial charge in [0.1, 0.15) is 18.5 Å². The molecule has 17 heterocycles. The summed E-state index contributed by atoms with van der Waals surface area (Å²) in [4.78, 5) is 45.4. The van der Waals surface area contributed by atoms with E-state index in [9.17, 15) is 13.2 Å². The first-order valence-corrected chi connectivity index (χ1v) is 56.5. The number of morpholine rings is 1. The molecule has 0 amide bonds. The number of rotatable bonds is 19. The number of fused-ring (bicyclic) bond motifs is 1. The van der Waals surface area contributed by atoms with Gasteiger partial charge in [0.2, 0.25) is 0 Å². The molecule has 21 nitrogen and oxygen atoms in total. The molecule has 4 unspecified atom stereocenters. The quantitative estimate of drug-likeness (QED) is 0.128. The number of alkyl halides is 3. The van der Waals surface area contributed by atoms with Crippen LogP contribution in [0.2, 0.25) is 0 Å². The van der Waals surface area contributed by atoms with Crippen LogP contribution in [0.4, 0.5) is 13.2 Å². The molecule has 0 spiro atoms. The molecule has 0 bridgehead atoms. The number of hydrogen-bond donors (Lipinski definition) is 2. The topological polar surface area (TPSA) is 108 Å². The molecule has 0 saturated carbocycles. The Balaban J connectivity index is 0.000000183. The van der Waals surface area contributed by atoms with Gasteiger partial charge in [-0.3, -0.25) is 34.3 Å². The molecule has 17 aliphatic rings. The molecule has 24 heteroatoms. The molecule has 0 aromatic rings. The SMILES string of the molecule is CC(C)N1CC2CCN(C)CC2C1.CC(C)N1CCC(N(C)C)C1.CC(C)N1CCC(N2CCC(F)C2)CC1.CC(C)N1CCC(N2CCCC2)CC1.CC(C)N1CCC(N2CCCCC2)CC1.CC(C)N1CCC(N2CCOCC2)CC1.CC(C)N1CCC(N2CC[C@@H](F)C2)CC1.CC(C)N1CCC(N2CC[C@H](F)C2)CC1.CC(C)N1CCC[C@@H]1CO.CC(C)N1CCC[C@H]1CO. The summed E-state index contributed by atoms with van der Waals surface area (Å²) >= 11 is 0. The van der Waals surface area contributed by atoms with Gasteiger partial charge in [-0.1, -0.05) is 6.42 Å². The smallest absolute Gasteiger partial charge is 0.114 e. The molecule has 784 valence electrons. The average molecular weight is 1890 g/mol. The minimum absolute atomic E-state index is 0.332. The number of piperidine rings is 8. The number of likely N-dealkylation sites (tertiary alicyclic amines) is 16. The zero-order valence-corrected chi connectivity index (χ0v) is 91.2. The van der Waals surface area contributed by atoms with Crippen LogP contribution in [0.1, 0.15) is 305 Å². The van der Waals surface area contributed by atoms with Crippen LogP contribution in [-0.2, 0) is 4.74 Å². The van der Waals surface area contributed by atoms with E-state index in [4.69, 9.17) is 14.9 Å². The first kappa shape index (κ1) is 117. The van der Waals surface area contributed by atoms with Gasteiger partial charge in [0, 0.05) is 200 Å². The highest BCUT2D eigenvalue weighted by Gasteiger charge is 2.40. The molecule has 0 radical (unpaired) electrons. The number of aliphatic hydroxyl groups excluding tert-OH is 2. The van der Waals surface area contributed by atoms with Crippen LogP contribution < -0.4 is 0 Å². The van der Waals surface area contributed by atoms with Crippen molar-refractivity contribution in [1.82, 2.24) is 88.2 Å². The van der Waals surface area contributed by atoms with Gasteiger partial charge >= 0.3 is 0 Å². The van der Waals surface area contributed by atoms with Crippen molar-refractivity contribution in [3.63, 3.8) is 0 Å². The summed E-state index contributed by atoms with van der Waals surface area (Å²) in [6.07, 6.45) is 31.1. The Morgan fingerprint density at radius 3 is 0.774 bits per heavy atom. The largest absolute Gasteiger partial charge is 0.395 e. The Kier molecular flexibility index (Phi) is 55.2. The number of aliphatic hydroxyl groups is 2. The van der Waals surface area contributed by atoms with Crippen LogP contribution in [0.3, 0.4) is 0 Å². The molecule has 133 heavy (non-hydrogen) atoms. The van der Waals surface area contributed by atoms with Crippen molar-refractivity contribution in [1.29, 1.82) is 0 Å². The van der Waals surface area contributed by atoms with Crippen molar-refractivity contribution in [3.05, 3.63) is 0 Å². The third kappa shape index (κ3) is 40.8. The standard InChI is InChI=1S/C13H26N2.3C12H23FN2.C12H24N2O.C12H24N2.C11H22N2.C9H20N2.2C8H17NO/c1-12(2)14-10-6-13(7-11-14)15-8-4-3-5-9-15;3*1-10(2)14-7-4-12(5-8-14)15-6-3-11(13)9-15;1-11(2)13-5-3-12(4-6-13)14-7-9-15-10-8-14;1-11(2)13-9-5-12(6-10-13)14-7-3-4-8-14;1-9(2)13-7-10-4-5-12(3)6-11(10)8-13;1-8(2)11-6-5-9(7-11)10(3)4;2*1-7(2)9-5-3-4-8(9)6-10/h12-13H,3-11H2,1-2H3;3*10-12H,3-9H2,1-2H3;11-12H,3-10H2,1-2H3;11-12H,3-10H2,1-2H3;9-11H,4-8H2,1-3H3;8-9H,5-7H2,1-4H3;2*7-8,10H,3-6H2,1-2H3/t;2*11-;;;;;;2*8-/m.10.....10/s1. The van der Waals surface area contributed by atoms with E-state index >= 15 is 0 Å². The molecule has 17 aliphatic heterocycles. The number of hydrogen-bond acceptors (Lipinski definition) is 21. The number of nitrogens with zero attached hydrogens (tertiary/aromatic N) is 18. The molecule has 0 aromatic heterocycles. The first-order valence-electron chi connectivity index (χ1n) is 56.5. The zero-order chi connectivity index (χ0) is 96.8. The van der Waals surface area contributed by atoms with Crippen LogP contribution in [0, 0.1) is 11.8 Å². The van der Waals surface area contributed by atoms with Crippen molar-refractivity contribution in [2.75, 3.05) is 257 Å². The van der Waals surface area contributed by atoms with Gasteiger partial charge in [0.05, 0.1) is 26.4 Å². The second kappa shape index (κ2) is 62.6. The van der Waals surface area contributed by atoms with Gasteiger partial charge in [0.15, 0.2) is 0 Å². The average Bonchev–Trinajstić information content (AvgIpc) is 1.69. The molecule has 17 saturated heterocycles. The molecule has 17 fully saturated rings. The summed E-state index contributed by atoms with van der Waals surface area (Å²) < 4.78 is 44.6. The maximum absolute atomic E-state index is 13.1. The van der Waals surface area contributed by atoms with E-state index in [1.165, 1.54) is 305 Å². The molecular weight excluding hydrogens is 1670 g/mol. The van der Waals surface area contributed by atoms with Crippen molar-refractivity contribution >= 4 is 0 Å². The van der Waals surface area contributed by atoms with E-state index < -0.39 is 18.5 Å². The Hall–Kier alpha value is -1.05. The number of ether oxygens (including phenoxy) is 1. The maximum atomic E-state index is 13.1. The van der Waals surface area contributed by atoms with Crippen molar-refractivity contribution in [2.24, 2.45) is 11.8 Å². The maximum Gasteiger partial charge on any atom is 0.114 e. The normalized spacial score (nSPS) is 29.9. The third-order valence-corrected chi connectivity index (χ3v) is 34.5. The summed E-state index contributed by atoms with van der Waals surface area (Å²) in [6, 6.07) is 13.1. The predicted molar refractivity (Wildman–Crippen MR) is 559 cm³/mol. The van der Waals surface area contributed by atoms with Gasteiger partial charge in [-0.25, -0.2) is 13.2 Å². The van der Waals surface area contributed by atoms with Crippen LogP contribution in [0.25, 0.3) is 0 Å². The van der Waals surface area contributed by atoms with Crippen LogP contribution in [0.15, 0.2) is 0 Å².